The molecule has 8 rings (SSSR count). The first kappa shape index (κ1) is 44.0. The van der Waals surface area contributed by atoms with Crippen LogP contribution in [0.2, 0.25) is 0 Å². The highest BCUT2D eigenvalue weighted by atomic mass is 32.1. The number of carbonyl (C=O) groups excluding carboxylic acids is 1. The molecule has 0 radical (unpaired) electrons. The van der Waals surface area contributed by atoms with Crippen molar-refractivity contribution in [2.75, 3.05) is 17.5 Å². The number of nitrogens with zero attached hydrogens (tertiary/aromatic N) is 3. The summed E-state index contributed by atoms with van der Waals surface area (Å²) in [6.45, 7) is 5.36. The Kier molecular flexibility index (Phi) is 15.8. The maximum Gasteiger partial charge on any atom is 0.335 e. The Morgan fingerprint density at radius 1 is 0.583 bits per heavy atom. The molecule has 0 bridgehead atoms. The number of ketones is 1. The van der Waals surface area contributed by atoms with E-state index in [0.717, 1.165) is 64.2 Å². The van der Waals surface area contributed by atoms with Crippen LogP contribution in [0.3, 0.4) is 0 Å². The molecule has 2 aromatic heterocycles. The van der Waals surface area contributed by atoms with Crippen molar-refractivity contribution in [3.63, 3.8) is 0 Å². The summed E-state index contributed by atoms with van der Waals surface area (Å²) >= 11 is 3.10. The van der Waals surface area contributed by atoms with E-state index in [4.69, 9.17) is 16.1 Å². The molecule has 304 valence electrons. The number of aliphatic hydroxyl groups excluding tert-OH is 1. The topological polar surface area (TPSA) is 200 Å². The van der Waals surface area contributed by atoms with Crippen LogP contribution in [0.1, 0.15) is 57.4 Å². The van der Waals surface area contributed by atoms with E-state index in [0.29, 0.717) is 5.56 Å². The van der Waals surface area contributed by atoms with Crippen LogP contribution in [-0.4, -0.2) is 55.3 Å². The largest absolute Gasteiger partial charge is 0.478 e. The Bertz CT molecular complexity index is 2640. The summed E-state index contributed by atoms with van der Waals surface area (Å²) in [5, 5.41) is 31.7. The second-order valence-electron chi connectivity index (χ2n) is 12.7. The highest BCUT2D eigenvalue weighted by Gasteiger charge is 2.09. The van der Waals surface area contributed by atoms with Crippen molar-refractivity contribution in [2.45, 2.75) is 20.8 Å². The number of Topliss-reactive ketones (excluding diaryl/α,β-unsaturated/α-hetero) is 1. The molecule has 0 saturated heterocycles. The van der Waals surface area contributed by atoms with Crippen LogP contribution in [0.15, 0.2) is 151 Å². The average molecular weight is 839 g/mol. The van der Waals surface area contributed by atoms with Gasteiger partial charge in [0.05, 0.1) is 37.3 Å². The van der Waals surface area contributed by atoms with Crippen molar-refractivity contribution in [1.82, 2.24) is 9.97 Å². The minimum Gasteiger partial charge on any atom is -0.478 e. The summed E-state index contributed by atoms with van der Waals surface area (Å²) in [5.41, 5.74) is 13.8. The van der Waals surface area contributed by atoms with Crippen molar-refractivity contribution in [3.05, 3.63) is 168 Å². The number of hydrogen-bond acceptors (Lipinski definition) is 12. The Labute approximate surface area is 354 Å². The summed E-state index contributed by atoms with van der Waals surface area (Å²) in [7, 11) is 0. The Balaban J connectivity index is 0.000000181. The second-order valence-corrected chi connectivity index (χ2v) is 14.8. The van der Waals surface area contributed by atoms with Gasteiger partial charge in [0.1, 0.15) is 0 Å². The van der Waals surface area contributed by atoms with Crippen LogP contribution in [0, 0.1) is 0 Å². The van der Waals surface area contributed by atoms with Gasteiger partial charge in [-0.25, -0.2) is 25.4 Å². The SMILES string of the molecule is C/C(=N/Nc1nc2ccccc2s1)c1cccc(-c2cccc(C(=O)O)c2)c1.CC(=O)c1cccc(-c2cccc(C(=O)O)c2)c1.CCO.NNc1nc2ccccc2s1. The molecular weight excluding hydrogens is 797 g/mol. The summed E-state index contributed by atoms with van der Waals surface area (Å²) in [5.74, 6) is 3.31. The number of carbonyl (C=O) groups is 3. The Morgan fingerprint density at radius 2 is 0.967 bits per heavy atom. The third-order valence-electron chi connectivity index (χ3n) is 8.47. The number of aromatic nitrogens is 2. The molecule has 0 unspecified atom stereocenters. The molecule has 0 aliphatic carbocycles. The van der Waals surface area contributed by atoms with Crippen LogP contribution in [0.25, 0.3) is 42.7 Å². The number of nitrogen functional groups attached to an aromatic ring is 1. The first-order chi connectivity index (χ1) is 29.0. The third kappa shape index (κ3) is 12.2. The van der Waals surface area contributed by atoms with Gasteiger partial charge in [0, 0.05) is 12.2 Å². The summed E-state index contributed by atoms with van der Waals surface area (Å²) < 4.78 is 2.26. The van der Waals surface area contributed by atoms with Crippen LogP contribution in [-0.2, 0) is 0 Å². The number of hydrazone groups is 1. The van der Waals surface area contributed by atoms with Crippen molar-refractivity contribution in [1.29, 1.82) is 0 Å². The molecule has 0 saturated carbocycles. The molecule has 0 amide bonds. The van der Waals surface area contributed by atoms with Gasteiger partial charge in [0.15, 0.2) is 10.9 Å². The molecule has 8 aromatic rings. The number of hydrogen-bond donors (Lipinski definition) is 6. The average Bonchev–Trinajstić information content (AvgIpc) is 3.91. The lowest BCUT2D eigenvalue weighted by Gasteiger charge is -2.07. The van der Waals surface area contributed by atoms with Gasteiger partial charge < -0.3 is 15.3 Å². The summed E-state index contributed by atoms with van der Waals surface area (Å²) in [4.78, 5) is 42.2. The van der Waals surface area contributed by atoms with Gasteiger partial charge in [0.2, 0.25) is 5.13 Å². The number of carboxylic acid groups (broad SMARTS) is 2. The van der Waals surface area contributed by atoms with Gasteiger partial charge >= 0.3 is 11.9 Å². The van der Waals surface area contributed by atoms with E-state index >= 15 is 0 Å². The second kappa shape index (κ2) is 21.6. The fourth-order valence-electron chi connectivity index (χ4n) is 5.56. The molecule has 0 aliphatic heterocycles. The summed E-state index contributed by atoms with van der Waals surface area (Å²) in [6.07, 6.45) is 0. The molecule has 0 spiro atoms. The predicted octanol–water partition coefficient (Wildman–Crippen LogP) is 10.3. The number of carboxylic acids is 2. The van der Waals surface area contributed by atoms with E-state index < -0.39 is 11.9 Å². The van der Waals surface area contributed by atoms with Gasteiger partial charge in [-0.05, 0) is 109 Å². The quantitative estimate of drug-likeness (QED) is 0.0350. The minimum atomic E-state index is -0.959. The van der Waals surface area contributed by atoms with Crippen LogP contribution < -0.4 is 16.7 Å². The predicted molar refractivity (Wildman–Crippen MR) is 243 cm³/mol. The number of anilines is 2. The Morgan fingerprint density at radius 3 is 1.40 bits per heavy atom. The molecular formula is C46H42N6O6S2. The van der Waals surface area contributed by atoms with E-state index in [-0.39, 0.29) is 23.5 Å². The van der Waals surface area contributed by atoms with Crippen molar-refractivity contribution < 1.29 is 29.7 Å². The maximum absolute atomic E-state index is 11.3. The number of hydrazine groups is 1. The number of rotatable bonds is 9. The number of thiazole rings is 2. The van der Waals surface area contributed by atoms with E-state index in [9.17, 15) is 19.5 Å². The molecule has 7 N–H and O–H groups in total. The van der Waals surface area contributed by atoms with Crippen LogP contribution >= 0.6 is 22.7 Å². The van der Waals surface area contributed by atoms with Crippen molar-refractivity contribution >= 4 is 76.8 Å². The number of benzene rings is 6. The van der Waals surface area contributed by atoms with Gasteiger partial charge in [-0.15, -0.1) is 0 Å². The lowest BCUT2D eigenvalue weighted by molar-refractivity contribution is 0.0686. The molecule has 12 nitrogen and oxygen atoms in total. The number of aromatic carboxylic acids is 2. The summed E-state index contributed by atoms with van der Waals surface area (Å²) in [6, 6.07) is 44.5. The molecule has 6 aromatic carbocycles. The standard InChI is InChI=1S/C22H17N3O2S.C15H12O3.C7H7N3S.C2H6O/c1-14(24-25-22-23-19-10-2-3-11-20(19)28-22)15-6-4-7-16(12-15)17-8-5-9-18(13-17)21(26)27;1-10(16)11-4-2-5-12(8-11)13-6-3-7-14(9-13)15(17)18;8-10-7-9-5-3-1-2-4-6(5)11-7;1-2-3/h2-13H,1H3,(H,23,25)(H,26,27);2-9H,1H3,(H,17,18);1-4H,8H2,(H,9,10);3H,2H2,1H3/b24-14-;;;. The number of nitrogens with two attached hydrogens (primary N) is 1. The smallest absolute Gasteiger partial charge is 0.335 e. The molecule has 0 fully saturated rings. The molecule has 14 heteroatoms. The molecule has 0 aliphatic rings. The van der Waals surface area contributed by atoms with E-state index in [1.54, 1.807) is 84.2 Å². The fraction of sp³-hybridized carbons (Fsp3) is 0.0870. The monoisotopic (exact) mass is 838 g/mol. The van der Waals surface area contributed by atoms with Crippen LogP contribution in [0.5, 0.6) is 0 Å². The highest BCUT2D eigenvalue weighted by Crippen LogP contribution is 2.27. The molecule has 2 heterocycles. The van der Waals surface area contributed by atoms with Crippen molar-refractivity contribution in [2.24, 2.45) is 10.9 Å². The molecule has 60 heavy (non-hydrogen) atoms. The minimum absolute atomic E-state index is 0.00811. The normalized spacial score (nSPS) is 10.6. The van der Waals surface area contributed by atoms with E-state index in [2.05, 4.69) is 25.9 Å². The van der Waals surface area contributed by atoms with Gasteiger partial charge in [-0.1, -0.05) is 108 Å². The zero-order valence-electron chi connectivity index (χ0n) is 32.9. The maximum atomic E-state index is 11.3. The number of nitrogens with one attached hydrogen (secondary N) is 2. The molecule has 0 atom stereocenters. The zero-order valence-corrected chi connectivity index (χ0v) is 34.5. The zero-order chi connectivity index (χ0) is 43.0. The number of aliphatic hydroxyl groups is 1. The van der Waals surface area contributed by atoms with E-state index in [1.807, 2.05) is 97.9 Å². The van der Waals surface area contributed by atoms with Gasteiger partial charge in [-0.2, -0.15) is 5.10 Å². The first-order valence-corrected chi connectivity index (χ1v) is 20.1. The van der Waals surface area contributed by atoms with Gasteiger partial charge in [0.25, 0.3) is 0 Å². The van der Waals surface area contributed by atoms with Crippen molar-refractivity contribution in [3.8, 4) is 22.3 Å². The number of para-hydroxylation sites is 2. The third-order valence-corrected chi connectivity index (χ3v) is 10.4. The Hall–Kier alpha value is -7.10. The first-order valence-electron chi connectivity index (χ1n) is 18.5. The highest BCUT2D eigenvalue weighted by molar-refractivity contribution is 7.22. The van der Waals surface area contributed by atoms with Gasteiger partial charge in [-0.3, -0.25) is 15.6 Å². The lowest BCUT2D eigenvalue weighted by Crippen LogP contribution is -2.05. The lowest BCUT2D eigenvalue weighted by atomic mass is 10.00. The number of fused-ring (bicyclic) bond motifs is 2. The van der Waals surface area contributed by atoms with E-state index in [1.165, 1.54) is 6.92 Å². The van der Waals surface area contributed by atoms with Crippen LogP contribution in [0.4, 0.5) is 10.3 Å². The fourth-order valence-corrected chi connectivity index (χ4v) is 7.14.